The second kappa shape index (κ2) is 8.83. The molecule has 0 saturated heterocycles. The van der Waals surface area contributed by atoms with Gasteiger partial charge in [-0.2, -0.15) is 0 Å². The summed E-state index contributed by atoms with van der Waals surface area (Å²) in [6, 6.07) is 13.0. The molecule has 0 unspecified atom stereocenters. The quantitative estimate of drug-likeness (QED) is 0.452. The zero-order chi connectivity index (χ0) is 19.4. The van der Waals surface area contributed by atoms with E-state index in [0.717, 1.165) is 11.1 Å². The normalized spacial score (nSPS) is 10.7. The molecule has 1 amide bonds. The fourth-order valence-electron chi connectivity index (χ4n) is 2.58. The van der Waals surface area contributed by atoms with Gasteiger partial charge in [0.25, 0.3) is 5.91 Å². The van der Waals surface area contributed by atoms with Crippen LogP contribution in [0.2, 0.25) is 10.0 Å². The summed E-state index contributed by atoms with van der Waals surface area (Å²) in [5.74, 6) is -0.670. The standard InChI is InChI=1S/C20H14BrCl2FN2O/c21-17-8-14(4-6-19(17)24)20(27)26(11-13-2-1-7-25-10-13)12-15-3-5-16(22)9-18(15)23/h1-10H,11-12H2. The summed E-state index contributed by atoms with van der Waals surface area (Å²) in [5.41, 5.74) is 2.01. The second-order valence-electron chi connectivity index (χ2n) is 5.89. The highest BCUT2D eigenvalue weighted by atomic mass is 79.9. The molecule has 2 aromatic carbocycles. The first-order valence-corrected chi connectivity index (χ1v) is 9.56. The van der Waals surface area contributed by atoms with Crippen molar-refractivity contribution in [3.8, 4) is 0 Å². The van der Waals surface area contributed by atoms with Gasteiger partial charge in [0.1, 0.15) is 5.82 Å². The first-order valence-electron chi connectivity index (χ1n) is 8.01. The van der Waals surface area contributed by atoms with Crippen LogP contribution in [0.25, 0.3) is 0 Å². The van der Waals surface area contributed by atoms with Gasteiger partial charge in [-0.1, -0.05) is 35.3 Å². The molecule has 0 radical (unpaired) electrons. The smallest absolute Gasteiger partial charge is 0.254 e. The third kappa shape index (κ3) is 5.06. The van der Waals surface area contributed by atoms with Crippen LogP contribution < -0.4 is 0 Å². The van der Waals surface area contributed by atoms with Crippen molar-refractivity contribution in [3.63, 3.8) is 0 Å². The molecule has 0 fully saturated rings. The summed E-state index contributed by atoms with van der Waals surface area (Å²) < 4.78 is 13.8. The number of amides is 1. The van der Waals surface area contributed by atoms with Gasteiger partial charge in [-0.15, -0.1) is 0 Å². The van der Waals surface area contributed by atoms with Crippen LogP contribution in [-0.2, 0) is 13.1 Å². The molecule has 7 heteroatoms. The molecule has 0 aliphatic heterocycles. The highest BCUT2D eigenvalue weighted by Crippen LogP contribution is 2.25. The predicted octanol–water partition coefficient (Wildman–Crippen LogP) is 6.13. The van der Waals surface area contributed by atoms with Gasteiger partial charge in [0.05, 0.1) is 4.47 Å². The summed E-state index contributed by atoms with van der Waals surface area (Å²) in [6.07, 6.45) is 3.37. The number of hydrogen-bond acceptors (Lipinski definition) is 2. The monoisotopic (exact) mass is 466 g/mol. The van der Waals surface area contributed by atoms with Crippen LogP contribution in [0.5, 0.6) is 0 Å². The van der Waals surface area contributed by atoms with E-state index in [9.17, 15) is 9.18 Å². The van der Waals surface area contributed by atoms with Crippen molar-refractivity contribution in [1.29, 1.82) is 0 Å². The van der Waals surface area contributed by atoms with Gasteiger partial charge in [0, 0.05) is 41.1 Å². The average molecular weight is 468 g/mol. The molecule has 0 aliphatic carbocycles. The molecular formula is C20H14BrCl2FN2O. The fourth-order valence-corrected chi connectivity index (χ4v) is 3.43. The Kier molecular flexibility index (Phi) is 6.47. The maximum Gasteiger partial charge on any atom is 0.254 e. The molecule has 138 valence electrons. The van der Waals surface area contributed by atoms with Crippen LogP contribution in [-0.4, -0.2) is 15.8 Å². The molecule has 0 N–H and O–H groups in total. The number of carbonyl (C=O) groups is 1. The number of pyridine rings is 1. The van der Waals surface area contributed by atoms with E-state index in [1.807, 2.05) is 12.1 Å². The maximum absolute atomic E-state index is 13.5. The lowest BCUT2D eigenvalue weighted by Gasteiger charge is -2.24. The minimum atomic E-state index is -0.425. The third-order valence-electron chi connectivity index (χ3n) is 3.93. The molecular weight excluding hydrogens is 454 g/mol. The lowest BCUT2D eigenvalue weighted by Crippen LogP contribution is -2.30. The Morgan fingerprint density at radius 1 is 1.11 bits per heavy atom. The second-order valence-corrected chi connectivity index (χ2v) is 7.59. The Morgan fingerprint density at radius 2 is 1.93 bits per heavy atom. The van der Waals surface area contributed by atoms with Gasteiger partial charge in [-0.05, 0) is 63.5 Å². The maximum atomic E-state index is 13.5. The predicted molar refractivity (Wildman–Crippen MR) is 108 cm³/mol. The third-order valence-corrected chi connectivity index (χ3v) is 5.12. The van der Waals surface area contributed by atoms with Crippen LogP contribution in [0.1, 0.15) is 21.5 Å². The Labute approximate surface area is 174 Å². The van der Waals surface area contributed by atoms with Gasteiger partial charge < -0.3 is 4.90 Å². The zero-order valence-corrected chi connectivity index (χ0v) is 17.1. The molecule has 0 bridgehead atoms. The molecule has 27 heavy (non-hydrogen) atoms. The minimum absolute atomic E-state index is 0.235. The van der Waals surface area contributed by atoms with Crippen molar-refractivity contribution < 1.29 is 9.18 Å². The van der Waals surface area contributed by atoms with Crippen molar-refractivity contribution in [1.82, 2.24) is 9.88 Å². The zero-order valence-electron chi connectivity index (χ0n) is 14.0. The van der Waals surface area contributed by atoms with Crippen LogP contribution >= 0.6 is 39.1 Å². The van der Waals surface area contributed by atoms with Crippen molar-refractivity contribution in [2.75, 3.05) is 0 Å². The van der Waals surface area contributed by atoms with E-state index in [1.54, 1.807) is 35.5 Å². The summed E-state index contributed by atoms with van der Waals surface area (Å²) in [6.45, 7) is 0.610. The highest BCUT2D eigenvalue weighted by molar-refractivity contribution is 9.10. The van der Waals surface area contributed by atoms with Crippen LogP contribution in [0.15, 0.2) is 65.4 Å². The molecule has 0 saturated carbocycles. The van der Waals surface area contributed by atoms with Crippen molar-refractivity contribution in [3.05, 3.63) is 98.0 Å². The Bertz CT molecular complexity index is 969. The molecule has 3 rings (SSSR count). The van der Waals surface area contributed by atoms with Crippen molar-refractivity contribution in [2.24, 2.45) is 0 Å². The number of rotatable bonds is 5. The largest absolute Gasteiger partial charge is 0.330 e. The fraction of sp³-hybridized carbons (Fsp3) is 0.100. The van der Waals surface area contributed by atoms with Crippen LogP contribution in [0.4, 0.5) is 4.39 Å². The van der Waals surface area contributed by atoms with E-state index in [1.165, 1.54) is 18.2 Å². The number of aromatic nitrogens is 1. The van der Waals surface area contributed by atoms with Gasteiger partial charge in [0.15, 0.2) is 0 Å². The van der Waals surface area contributed by atoms with E-state index >= 15 is 0 Å². The molecule has 3 nitrogen and oxygen atoms in total. The Balaban J connectivity index is 1.93. The van der Waals surface area contributed by atoms with Crippen molar-refractivity contribution >= 4 is 45.0 Å². The van der Waals surface area contributed by atoms with E-state index in [-0.39, 0.29) is 16.9 Å². The number of carbonyl (C=O) groups excluding carboxylic acids is 1. The Hall–Kier alpha value is -1.95. The first-order chi connectivity index (χ1) is 12.9. The first kappa shape index (κ1) is 19.8. The number of halogens is 4. The molecule has 3 aromatic rings. The minimum Gasteiger partial charge on any atom is -0.330 e. The molecule has 1 aromatic heterocycles. The highest BCUT2D eigenvalue weighted by Gasteiger charge is 2.19. The summed E-state index contributed by atoms with van der Waals surface area (Å²) in [5, 5.41) is 1.00. The van der Waals surface area contributed by atoms with Crippen LogP contribution in [0, 0.1) is 5.82 Å². The van der Waals surface area contributed by atoms with E-state index in [4.69, 9.17) is 23.2 Å². The van der Waals surface area contributed by atoms with Gasteiger partial charge >= 0.3 is 0 Å². The number of benzene rings is 2. The van der Waals surface area contributed by atoms with Crippen molar-refractivity contribution in [2.45, 2.75) is 13.1 Å². The Morgan fingerprint density at radius 3 is 2.59 bits per heavy atom. The van der Waals surface area contributed by atoms with Crippen LogP contribution in [0.3, 0.4) is 0 Å². The summed E-state index contributed by atoms with van der Waals surface area (Å²) in [7, 11) is 0. The van der Waals surface area contributed by atoms with E-state index in [2.05, 4.69) is 20.9 Å². The lowest BCUT2D eigenvalue weighted by atomic mass is 10.1. The van der Waals surface area contributed by atoms with E-state index in [0.29, 0.717) is 22.2 Å². The molecule has 0 aliphatic rings. The number of hydrogen-bond donors (Lipinski definition) is 0. The average Bonchev–Trinajstić information content (AvgIpc) is 2.65. The summed E-state index contributed by atoms with van der Waals surface area (Å²) >= 11 is 15.4. The number of nitrogens with zero attached hydrogens (tertiary/aromatic N) is 2. The summed E-state index contributed by atoms with van der Waals surface area (Å²) in [4.78, 5) is 18.8. The van der Waals surface area contributed by atoms with Gasteiger partial charge in [-0.3, -0.25) is 9.78 Å². The molecule has 0 spiro atoms. The van der Waals surface area contributed by atoms with Gasteiger partial charge in [0.2, 0.25) is 0 Å². The molecule has 0 atom stereocenters. The lowest BCUT2D eigenvalue weighted by molar-refractivity contribution is 0.0730. The SMILES string of the molecule is O=C(c1ccc(F)c(Br)c1)N(Cc1cccnc1)Cc1ccc(Cl)cc1Cl. The topological polar surface area (TPSA) is 33.2 Å². The van der Waals surface area contributed by atoms with E-state index < -0.39 is 5.82 Å². The molecule has 1 heterocycles. The van der Waals surface area contributed by atoms with Gasteiger partial charge in [-0.25, -0.2) is 4.39 Å².